The molecule has 0 spiro atoms. The maximum atomic E-state index is 10.5. The number of nitrogens with zero attached hydrogens (tertiary/aromatic N) is 1. The molecule has 0 saturated heterocycles. The van der Waals surface area contributed by atoms with Crippen LogP contribution in [0.3, 0.4) is 0 Å². The van der Waals surface area contributed by atoms with E-state index < -0.39 is 5.97 Å². The Labute approximate surface area is 85.6 Å². The van der Waals surface area contributed by atoms with E-state index in [0.717, 1.165) is 5.56 Å². The fourth-order valence-electron chi connectivity index (χ4n) is 1.39. The molecule has 0 bridgehead atoms. The number of aromatic hydroxyl groups is 1. The predicted octanol–water partition coefficient (Wildman–Crippen LogP) is 0.947. The van der Waals surface area contributed by atoms with Crippen LogP contribution < -0.4 is 0 Å². The zero-order valence-electron chi connectivity index (χ0n) is 7.75. The minimum atomic E-state index is -1.17. The number of carbonyl (C=O) groups is 1. The van der Waals surface area contributed by atoms with Crippen LogP contribution in [0.1, 0.15) is 11.6 Å². The molecule has 5 nitrogen and oxygen atoms in total. The molecule has 1 aliphatic heterocycles. The lowest BCUT2D eigenvalue weighted by atomic mass is 10.1. The second-order valence-corrected chi connectivity index (χ2v) is 3.16. The molecule has 78 valence electrons. The van der Waals surface area contributed by atoms with Gasteiger partial charge in [0.2, 0.25) is 0 Å². The number of phenols is 1. The van der Waals surface area contributed by atoms with Crippen molar-refractivity contribution in [3.8, 4) is 5.75 Å². The SMILES string of the molecule is O=C(O)C1=NC(c2cccc(O)c2)CO1. The first-order chi connectivity index (χ1) is 7.16. The Balaban J connectivity index is 2.24. The Hall–Kier alpha value is -2.04. The number of aliphatic imine (C=N–C) groups is 1. The molecule has 0 aliphatic carbocycles. The van der Waals surface area contributed by atoms with Crippen LogP contribution in [0.25, 0.3) is 0 Å². The summed E-state index contributed by atoms with van der Waals surface area (Å²) in [5.74, 6) is -1.31. The van der Waals surface area contributed by atoms with Crippen LogP contribution in [-0.4, -0.2) is 28.7 Å². The van der Waals surface area contributed by atoms with Gasteiger partial charge in [0.05, 0.1) is 0 Å². The Morgan fingerprint density at radius 1 is 1.53 bits per heavy atom. The maximum Gasteiger partial charge on any atom is 0.391 e. The second-order valence-electron chi connectivity index (χ2n) is 3.16. The molecule has 1 aromatic rings. The van der Waals surface area contributed by atoms with Crippen LogP contribution in [0.15, 0.2) is 29.3 Å². The molecule has 0 aromatic heterocycles. The van der Waals surface area contributed by atoms with Crippen LogP contribution in [-0.2, 0) is 9.53 Å². The lowest BCUT2D eigenvalue weighted by Gasteiger charge is -2.04. The lowest BCUT2D eigenvalue weighted by molar-refractivity contribution is -0.130. The van der Waals surface area contributed by atoms with E-state index in [0.29, 0.717) is 0 Å². The van der Waals surface area contributed by atoms with Crippen LogP contribution in [0.4, 0.5) is 0 Å². The van der Waals surface area contributed by atoms with Gasteiger partial charge < -0.3 is 14.9 Å². The van der Waals surface area contributed by atoms with Crippen LogP contribution in [0.2, 0.25) is 0 Å². The Bertz CT molecular complexity index is 427. The van der Waals surface area contributed by atoms with Crippen molar-refractivity contribution in [3.63, 3.8) is 0 Å². The van der Waals surface area contributed by atoms with Gasteiger partial charge in [-0.1, -0.05) is 12.1 Å². The van der Waals surface area contributed by atoms with Crippen molar-refractivity contribution >= 4 is 11.9 Å². The largest absolute Gasteiger partial charge is 0.508 e. The van der Waals surface area contributed by atoms with Crippen molar-refractivity contribution in [2.24, 2.45) is 4.99 Å². The summed E-state index contributed by atoms with van der Waals surface area (Å²) in [7, 11) is 0. The number of benzene rings is 1. The average molecular weight is 207 g/mol. The minimum absolute atomic E-state index is 0.131. The van der Waals surface area contributed by atoms with Crippen molar-refractivity contribution in [3.05, 3.63) is 29.8 Å². The van der Waals surface area contributed by atoms with E-state index in [9.17, 15) is 9.90 Å². The van der Waals surface area contributed by atoms with E-state index in [1.54, 1.807) is 24.3 Å². The average Bonchev–Trinajstić information content (AvgIpc) is 2.66. The third-order valence-corrected chi connectivity index (χ3v) is 2.09. The molecule has 2 rings (SSSR count). The molecule has 0 amide bonds. The first-order valence-corrected chi connectivity index (χ1v) is 4.39. The van der Waals surface area contributed by atoms with Crippen LogP contribution in [0.5, 0.6) is 5.75 Å². The summed E-state index contributed by atoms with van der Waals surface area (Å²) in [6, 6.07) is 6.19. The maximum absolute atomic E-state index is 10.5. The number of rotatable bonds is 2. The van der Waals surface area contributed by atoms with Gasteiger partial charge in [0, 0.05) is 0 Å². The zero-order chi connectivity index (χ0) is 10.8. The van der Waals surface area contributed by atoms with Crippen molar-refractivity contribution in [1.82, 2.24) is 0 Å². The third-order valence-electron chi connectivity index (χ3n) is 2.09. The standard InChI is InChI=1S/C10H9NO4/c12-7-3-1-2-6(4-7)8-5-15-9(11-8)10(13)14/h1-4,8,12H,5H2,(H,13,14). The quantitative estimate of drug-likeness (QED) is 0.756. The fourth-order valence-corrected chi connectivity index (χ4v) is 1.39. The summed E-state index contributed by atoms with van der Waals surface area (Å²) in [5, 5.41) is 17.9. The number of aliphatic carboxylic acids is 1. The molecular weight excluding hydrogens is 198 g/mol. The molecule has 0 saturated carbocycles. The summed E-state index contributed by atoms with van der Waals surface area (Å²) in [6.07, 6.45) is 0. The molecule has 1 aromatic carbocycles. The van der Waals surface area contributed by atoms with Crippen molar-refractivity contribution in [2.45, 2.75) is 6.04 Å². The van der Waals surface area contributed by atoms with Gasteiger partial charge >= 0.3 is 5.97 Å². The number of carboxylic acids is 1. The lowest BCUT2D eigenvalue weighted by Crippen LogP contribution is -2.12. The number of ether oxygens (including phenoxy) is 1. The highest BCUT2D eigenvalue weighted by Gasteiger charge is 2.25. The van der Waals surface area contributed by atoms with Crippen molar-refractivity contribution < 1.29 is 19.7 Å². The number of hydrogen-bond acceptors (Lipinski definition) is 4. The van der Waals surface area contributed by atoms with E-state index in [1.807, 2.05) is 0 Å². The molecule has 0 fully saturated rings. The minimum Gasteiger partial charge on any atom is -0.508 e. The first kappa shape index (κ1) is 9.51. The van der Waals surface area contributed by atoms with E-state index in [4.69, 9.17) is 9.84 Å². The fraction of sp³-hybridized carbons (Fsp3) is 0.200. The molecular formula is C10H9NO4. The Kier molecular flexibility index (Phi) is 2.29. The highest BCUT2D eigenvalue weighted by Crippen LogP contribution is 2.25. The third kappa shape index (κ3) is 1.90. The van der Waals surface area contributed by atoms with Gasteiger partial charge in [-0.2, -0.15) is 0 Å². The van der Waals surface area contributed by atoms with E-state index in [-0.39, 0.29) is 24.3 Å². The van der Waals surface area contributed by atoms with Gasteiger partial charge in [-0.3, -0.25) is 0 Å². The molecule has 1 unspecified atom stereocenters. The van der Waals surface area contributed by atoms with Gasteiger partial charge in [-0.15, -0.1) is 0 Å². The Morgan fingerprint density at radius 2 is 2.33 bits per heavy atom. The zero-order valence-corrected chi connectivity index (χ0v) is 7.75. The van der Waals surface area contributed by atoms with Crippen molar-refractivity contribution in [2.75, 3.05) is 6.61 Å². The Morgan fingerprint density at radius 3 is 2.93 bits per heavy atom. The monoisotopic (exact) mass is 207 g/mol. The predicted molar refractivity (Wildman–Crippen MR) is 51.9 cm³/mol. The smallest absolute Gasteiger partial charge is 0.391 e. The molecule has 5 heteroatoms. The summed E-state index contributed by atoms with van der Waals surface area (Å²) in [5.41, 5.74) is 0.742. The van der Waals surface area contributed by atoms with Gasteiger partial charge in [0.25, 0.3) is 5.90 Å². The van der Waals surface area contributed by atoms with E-state index in [2.05, 4.69) is 4.99 Å². The second kappa shape index (κ2) is 3.61. The van der Waals surface area contributed by atoms with Gasteiger partial charge in [0.15, 0.2) is 0 Å². The normalized spacial score (nSPS) is 19.5. The van der Waals surface area contributed by atoms with Gasteiger partial charge in [-0.05, 0) is 17.7 Å². The summed E-state index contributed by atoms with van der Waals surface area (Å²) >= 11 is 0. The highest BCUT2D eigenvalue weighted by molar-refractivity contribution is 6.32. The summed E-state index contributed by atoms with van der Waals surface area (Å²) < 4.78 is 4.89. The summed E-state index contributed by atoms with van der Waals surface area (Å²) in [4.78, 5) is 14.4. The van der Waals surface area contributed by atoms with Crippen LogP contribution >= 0.6 is 0 Å². The topological polar surface area (TPSA) is 79.1 Å². The molecule has 15 heavy (non-hydrogen) atoms. The number of hydrogen-bond donors (Lipinski definition) is 2. The number of phenolic OH excluding ortho intramolecular Hbond substituents is 1. The van der Waals surface area contributed by atoms with Crippen molar-refractivity contribution in [1.29, 1.82) is 0 Å². The van der Waals surface area contributed by atoms with Crippen LogP contribution in [0, 0.1) is 0 Å². The first-order valence-electron chi connectivity index (χ1n) is 4.39. The molecule has 2 N–H and O–H groups in total. The number of carboxylic acid groups (broad SMARTS) is 1. The molecule has 0 radical (unpaired) electrons. The van der Waals surface area contributed by atoms with Gasteiger partial charge in [-0.25, -0.2) is 9.79 Å². The molecule has 1 heterocycles. The molecule has 1 atom stereocenters. The molecule has 1 aliphatic rings. The van der Waals surface area contributed by atoms with E-state index >= 15 is 0 Å². The van der Waals surface area contributed by atoms with E-state index in [1.165, 1.54) is 0 Å². The highest BCUT2D eigenvalue weighted by atomic mass is 16.5. The van der Waals surface area contributed by atoms with Gasteiger partial charge in [0.1, 0.15) is 18.4 Å². The summed E-state index contributed by atoms with van der Waals surface area (Å²) in [6.45, 7) is 0.199.